The van der Waals surface area contributed by atoms with Crippen LogP contribution in [0.25, 0.3) is 0 Å². The zero-order valence-electron chi connectivity index (χ0n) is 4.06. The van der Waals surface area contributed by atoms with Gasteiger partial charge in [0.1, 0.15) is 0 Å². The van der Waals surface area contributed by atoms with Crippen LogP contribution >= 0.6 is 0 Å². The number of hydrogen-bond acceptors (Lipinski definition) is 1. The molecule has 1 nitrogen and oxygen atoms in total. The molecule has 0 aromatic rings. The Bertz CT molecular complexity index is 59.8. The van der Waals surface area contributed by atoms with Gasteiger partial charge in [0.25, 0.3) is 0 Å². The van der Waals surface area contributed by atoms with Crippen LogP contribution in [0.3, 0.4) is 0 Å². The second kappa shape index (κ2) is 3.01. The minimum atomic E-state index is 0.745. The summed E-state index contributed by atoms with van der Waals surface area (Å²) in [7, 11) is 4.71. The van der Waals surface area contributed by atoms with Gasteiger partial charge in [-0.05, 0) is 0 Å². The van der Waals surface area contributed by atoms with Crippen LogP contribution in [0.5, 0.6) is 0 Å². The van der Waals surface area contributed by atoms with Gasteiger partial charge in [-0.25, -0.2) is 0 Å². The number of rotatable bonds is 1. The van der Waals surface area contributed by atoms with Gasteiger partial charge in [0.15, 0.2) is 0 Å². The van der Waals surface area contributed by atoms with Crippen molar-refractivity contribution in [3.8, 4) is 0 Å². The van der Waals surface area contributed by atoms with Gasteiger partial charge in [-0.15, -0.1) is 0 Å². The number of hydrogen-bond donors (Lipinski definition) is 0. The summed E-state index contributed by atoms with van der Waals surface area (Å²) in [4.78, 5) is 0. The maximum atomic E-state index is 4.71. The summed E-state index contributed by atoms with van der Waals surface area (Å²) in [5.41, 5.74) is 0.745. The second-order valence-corrected chi connectivity index (χ2v) is 1.02. The maximum absolute atomic E-state index is 4.71. The Morgan fingerprint density at radius 1 is 1.83 bits per heavy atom. The molecule has 3 heteroatoms. The van der Waals surface area contributed by atoms with Crippen molar-refractivity contribution < 1.29 is 4.65 Å². The first-order chi connectivity index (χ1) is 2.81. The molecule has 0 N–H and O–H groups in total. The predicted molar refractivity (Wildman–Crippen MR) is 29.1 cm³/mol. The van der Waals surface area contributed by atoms with E-state index in [9.17, 15) is 0 Å². The van der Waals surface area contributed by atoms with Gasteiger partial charge in [-0.2, -0.15) is 0 Å². The summed E-state index contributed by atoms with van der Waals surface area (Å²) >= 11 is 0. The van der Waals surface area contributed by atoms with E-state index in [2.05, 4.69) is 4.65 Å². The van der Waals surface area contributed by atoms with Crippen molar-refractivity contribution in [1.29, 1.82) is 0 Å². The van der Waals surface area contributed by atoms with Crippen molar-refractivity contribution >= 4 is 20.6 Å². The first-order valence-corrected chi connectivity index (χ1v) is 1.81. The van der Waals surface area contributed by atoms with Gasteiger partial charge in [0.2, 0.25) is 0 Å². The van der Waals surface area contributed by atoms with Gasteiger partial charge in [-0.1, -0.05) is 0 Å². The van der Waals surface area contributed by atoms with Crippen LogP contribution in [0.1, 0.15) is 6.92 Å². The molecule has 0 aliphatic carbocycles. The molecule has 0 aliphatic heterocycles. The van der Waals surface area contributed by atoms with E-state index in [0.29, 0.717) is 0 Å². The Kier molecular flexibility index (Phi) is 2.91. The molecule has 0 fully saturated rings. The van der Waals surface area contributed by atoms with Crippen LogP contribution in [0.15, 0.2) is 0 Å². The summed E-state index contributed by atoms with van der Waals surface area (Å²) < 4.78 is 4.26. The molecule has 0 heterocycles. The Labute approximate surface area is 40.0 Å². The Hall–Kier alpha value is -0.200. The molecule has 0 spiro atoms. The van der Waals surface area contributed by atoms with Gasteiger partial charge in [0, 0.05) is 0 Å². The SMILES string of the molecule is [B]OC(C)=BC. The first-order valence-electron chi connectivity index (χ1n) is 1.81. The van der Waals surface area contributed by atoms with E-state index in [0.717, 1.165) is 5.65 Å². The van der Waals surface area contributed by atoms with E-state index in [1.165, 1.54) is 0 Å². The summed E-state index contributed by atoms with van der Waals surface area (Å²) in [5, 5.41) is 0. The minimum absolute atomic E-state index is 0.745. The molecule has 0 bridgehead atoms. The van der Waals surface area contributed by atoms with Crippen LogP contribution in [0, 0.1) is 0 Å². The molecule has 0 atom stereocenters. The van der Waals surface area contributed by atoms with Crippen LogP contribution in [0.2, 0.25) is 6.82 Å². The van der Waals surface area contributed by atoms with Crippen molar-refractivity contribution in [2.45, 2.75) is 13.7 Å². The first kappa shape index (κ1) is 5.80. The van der Waals surface area contributed by atoms with Crippen molar-refractivity contribution in [2.24, 2.45) is 0 Å². The standard InChI is InChI=1S/C3H6B2O/c1-3(5-2)6-4/h1-2H3. The van der Waals surface area contributed by atoms with Crippen molar-refractivity contribution in [1.82, 2.24) is 0 Å². The van der Waals surface area contributed by atoms with E-state index in [-0.39, 0.29) is 0 Å². The third kappa shape index (κ3) is 2.06. The molecule has 0 aromatic heterocycles. The fraction of sp³-hybridized carbons (Fsp3) is 0.667. The Balaban J connectivity index is 3.22. The van der Waals surface area contributed by atoms with Gasteiger partial charge in [-0.3, -0.25) is 0 Å². The Morgan fingerprint density at radius 2 is 2.33 bits per heavy atom. The van der Waals surface area contributed by atoms with Crippen molar-refractivity contribution in [2.75, 3.05) is 0 Å². The third-order valence-corrected chi connectivity index (χ3v) is 0.592. The average Bonchev–Trinajstić information content (AvgIpc) is 1.65. The third-order valence-electron chi connectivity index (χ3n) is 0.592. The molecule has 0 aromatic carbocycles. The van der Waals surface area contributed by atoms with Crippen LogP contribution in [0.4, 0.5) is 0 Å². The average molecular weight is 79.7 g/mol. The van der Waals surface area contributed by atoms with Gasteiger partial charge < -0.3 is 0 Å². The molecule has 0 saturated carbocycles. The molecule has 0 amide bonds. The predicted octanol–water partition coefficient (Wildman–Crippen LogP) is -0.0114. The van der Waals surface area contributed by atoms with E-state index in [1.54, 1.807) is 13.8 Å². The van der Waals surface area contributed by atoms with E-state index in [1.807, 2.05) is 6.82 Å². The summed E-state index contributed by atoms with van der Waals surface area (Å²) in [6.07, 6.45) is 0. The zero-order chi connectivity index (χ0) is 4.99. The monoisotopic (exact) mass is 80.1 g/mol. The normalized spacial score (nSPS) is 10.0. The molecular weight excluding hydrogens is 73.7 g/mol. The van der Waals surface area contributed by atoms with E-state index in [4.69, 9.17) is 8.05 Å². The molecular formula is C3H6B2O. The molecule has 0 rings (SSSR count). The summed E-state index contributed by atoms with van der Waals surface area (Å²) in [6, 6.07) is 0. The Morgan fingerprint density at radius 3 is 2.33 bits per heavy atom. The fourth-order valence-corrected chi connectivity index (χ4v) is 0.0680. The summed E-state index contributed by atoms with van der Waals surface area (Å²) in [6.45, 7) is 5.45. The van der Waals surface area contributed by atoms with E-state index < -0.39 is 0 Å². The molecule has 0 aliphatic rings. The van der Waals surface area contributed by atoms with Gasteiger partial charge >= 0.3 is 39.0 Å². The molecule has 2 radical (unpaired) electrons. The fourth-order valence-electron chi connectivity index (χ4n) is 0.0680. The van der Waals surface area contributed by atoms with Gasteiger partial charge in [0.05, 0.1) is 0 Å². The van der Waals surface area contributed by atoms with E-state index >= 15 is 0 Å². The molecule has 0 unspecified atom stereocenters. The van der Waals surface area contributed by atoms with Crippen LogP contribution in [-0.2, 0) is 4.65 Å². The van der Waals surface area contributed by atoms with Crippen LogP contribution in [-0.4, -0.2) is 20.6 Å². The second-order valence-electron chi connectivity index (χ2n) is 1.02. The molecule has 6 heavy (non-hydrogen) atoms. The van der Waals surface area contributed by atoms with Crippen molar-refractivity contribution in [3.05, 3.63) is 0 Å². The van der Waals surface area contributed by atoms with Crippen molar-refractivity contribution in [3.63, 3.8) is 0 Å². The molecule has 0 saturated heterocycles. The topological polar surface area (TPSA) is 9.23 Å². The quantitative estimate of drug-likeness (QED) is 0.402. The zero-order valence-corrected chi connectivity index (χ0v) is 4.06. The summed E-state index contributed by atoms with van der Waals surface area (Å²) in [5.74, 6) is 0. The molecule has 30 valence electrons. The van der Waals surface area contributed by atoms with Crippen LogP contribution < -0.4 is 0 Å².